The molecule has 3 nitrogen and oxygen atoms in total. The first-order valence-corrected chi connectivity index (χ1v) is 2.51. The van der Waals surface area contributed by atoms with Crippen LogP contribution >= 0.6 is 0 Å². The van der Waals surface area contributed by atoms with E-state index >= 15 is 0 Å². The quantitative estimate of drug-likeness (QED) is 0.520. The molecule has 0 amide bonds. The van der Waals surface area contributed by atoms with Crippen molar-refractivity contribution in [1.82, 2.24) is 4.98 Å². The fraction of sp³-hybridized carbons (Fsp3) is 0.200. The number of fused-ring (bicyclic) bond motifs is 1. The van der Waals surface area contributed by atoms with Gasteiger partial charge in [0.15, 0.2) is 0 Å². The molecule has 0 aromatic carbocycles. The van der Waals surface area contributed by atoms with Gasteiger partial charge in [-0.3, -0.25) is 10.3 Å². The third-order valence-corrected chi connectivity index (χ3v) is 1.23. The molecule has 42 valence electrons. The predicted molar refractivity (Wildman–Crippen MR) is 29.2 cm³/mol. The summed E-state index contributed by atoms with van der Waals surface area (Å²) in [4.78, 5) is 7.90. The van der Waals surface area contributed by atoms with E-state index in [4.69, 9.17) is 4.84 Å². The zero-order valence-electron chi connectivity index (χ0n) is 4.27. The molecule has 0 radical (unpaired) electrons. The molecule has 2 N–H and O–H groups in total. The predicted octanol–water partition coefficient (Wildman–Crippen LogP) is 0.872. The molecule has 0 bridgehead atoms. The van der Waals surface area contributed by atoms with E-state index in [1.54, 1.807) is 0 Å². The van der Waals surface area contributed by atoms with Gasteiger partial charge in [-0.1, -0.05) is 0 Å². The molecule has 1 aromatic rings. The zero-order valence-corrected chi connectivity index (χ0v) is 4.27. The lowest BCUT2D eigenvalue weighted by Gasteiger charge is -1.86. The van der Waals surface area contributed by atoms with Crippen LogP contribution in [0.1, 0.15) is 5.69 Å². The summed E-state index contributed by atoms with van der Waals surface area (Å²) in [6.45, 7) is 0.655. The topological polar surface area (TPSA) is 37.0 Å². The summed E-state index contributed by atoms with van der Waals surface area (Å²) in [7, 11) is 0. The number of hydrogen-bond donors (Lipinski definition) is 2. The maximum atomic E-state index is 4.87. The average molecular weight is 110 g/mol. The van der Waals surface area contributed by atoms with Gasteiger partial charge in [-0.05, 0) is 6.07 Å². The maximum Gasteiger partial charge on any atom is 0.117 e. The first kappa shape index (κ1) is 3.97. The lowest BCUT2D eigenvalue weighted by Crippen LogP contribution is -1.86. The van der Waals surface area contributed by atoms with Crippen LogP contribution in [0.25, 0.3) is 0 Å². The monoisotopic (exact) mass is 110 g/mol. The smallest absolute Gasteiger partial charge is 0.117 e. The summed E-state index contributed by atoms with van der Waals surface area (Å²) in [6, 6.07) is 1.95. The number of nitrogens with one attached hydrogen (secondary N) is 2. The molecular formula is C5H6N2O. The van der Waals surface area contributed by atoms with Gasteiger partial charge in [-0.15, -0.1) is 0 Å². The van der Waals surface area contributed by atoms with Crippen LogP contribution < -0.4 is 5.48 Å². The fourth-order valence-electron chi connectivity index (χ4n) is 0.805. The van der Waals surface area contributed by atoms with Crippen molar-refractivity contribution < 1.29 is 4.84 Å². The van der Waals surface area contributed by atoms with Crippen molar-refractivity contribution in [2.24, 2.45) is 0 Å². The number of aromatic amines is 1. The first-order valence-electron chi connectivity index (χ1n) is 2.51. The van der Waals surface area contributed by atoms with Crippen LogP contribution in [0.2, 0.25) is 0 Å². The van der Waals surface area contributed by atoms with Gasteiger partial charge >= 0.3 is 0 Å². The summed E-state index contributed by atoms with van der Waals surface area (Å²) in [5.41, 5.74) is 4.94. The van der Waals surface area contributed by atoms with Gasteiger partial charge in [0.2, 0.25) is 0 Å². The van der Waals surface area contributed by atoms with Gasteiger partial charge in [0.05, 0.1) is 11.4 Å². The van der Waals surface area contributed by atoms with E-state index in [1.165, 1.54) is 0 Å². The SMILES string of the molecule is c1cc2c([nH]1)CON2. The van der Waals surface area contributed by atoms with Crippen LogP contribution in [0.15, 0.2) is 12.3 Å². The number of hydrogen-bond acceptors (Lipinski definition) is 2. The van der Waals surface area contributed by atoms with Crippen molar-refractivity contribution in [1.29, 1.82) is 0 Å². The van der Waals surface area contributed by atoms with Gasteiger partial charge in [0.25, 0.3) is 0 Å². The molecule has 2 heterocycles. The molecule has 1 aromatic heterocycles. The highest BCUT2D eigenvalue weighted by molar-refractivity contribution is 5.48. The lowest BCUT2D eigenvalue weighted by molar-refractivity contribution is 0.199. The summed E-state index contributed by atoms with van der Waals surface area (Å²) < 4.78 is 0. The molecule has 0 saturated heterocycles. The second kappa shape index (κ2) is 1.26. The third kappa shape index (κ3) is 0.364. The summed E-state index contributed by atoms with van der Waals surface area (Å²) in [5.74, 6) is 0. The standard InChI is InChI=1S/C5H6N2O/c1-2-6-5-3-8-7-4(1)5/h1-2,6-7H,3H2. The van der Waals surface area contributed by atoms with Gasteiger partial charge in [-0.25, -0.2) is 0 Å². The molecule has 8 heavy (non-hydrogen) atoms. The van der Waals surface area contributed by atoms with Gasteiger partial charge in [0.1, 0.15) is 6.61 Å². The Bertz CT molecular complexity index is 176. The van der Waals surface area contributed by atoms with Crippen LogP contribution in [0.4, 0.5) is 5.69 Å². The lowest BCUT2D eigenvalue weighted by atomic mass is 10.4. The molecule has 0 aliphatic carbocycles. The highest BCUT2D eigenvalue weighted by atomic mass is 16.6. The van der Waals surface area contributed by atoms with Crippen molar-refractivity contribution in [3.8, 4) is 0 Å². The number of H-pyrrole nitrogens is 1. The number of aromatic nitrogens is 1. The Morgan fingerprint density at radius 1 is 1.62 bits per heavy atom. The molecule has 0 atom stereocenters. The van der Waals surface area contributed by atoms with E-state index in [9.17, 15) is 0 Å². The molecule has 1 aliphatic heterocycles. The van der Waals surface area contributed by atoms with Crippen LogP contribution in [-0.4, -0.2) is 4.98 Å². The minimum atomic E-state index is 0.655. The average Bonchev–Trinajstić information content (AvgIpc) is 2.15. The Labute approximate surface area is 46.6 Å². The zero-order chi connectivity index (χ0) is 5.40. The Hall–Kier alpha value is -0.960. The van der Waals surface area contributed by atoms with Crippen LogP contribution in [0.5, 0.6) is 0 Å². The highest BCUT2D eigenvalue weighted by Gasteiger charge is 2.09. The molecule has 0 spiro atoms. The van der Waals surface area contributed by atoms with Crippen molar-refractivity contribution in [2.75, 3.05) is 5.48 Å². The minimum absolute atomic E-state index is 0.655. The fourth-order valence-corrected chi connectivity index (χ4v) is 0.805. The van der Waals surface area contributed by atoms with E-state index in [-0.39, 0.29) is 0 Å². The van der Waals surface area contributed by atoms with Crippen LogP contribution in [0.3, 0.4) is 0 Å². The second-order valence-corrected chi connectivity index (χ2v) is 1.76. The molecule has 3 heteroatoms. The van der Waals surface area contributed by atoms with E-state index in [1.807, 2.05) is 12.3 Å². The minimum Gasteiger partial charge on any atom is -0.361 e. The molecule has 2 rings (SSSR count). The first-order chi connectivity index (χ1) is 3.97. The van der Waals surface area contributed by atoms with E-state index in [2.05, 4.69) is 10.5 Å². The Morgan fingerprint density at radius 2 is 2.62 bits per heavy atom. The Morgan fingerprint density at radius 3 is 3.50 bits per heavy atom. The second-order valence-electron chi connectivity index (χ2n) is 1.76. The molecule has 0 saturated carbocycles. The van der Waals surface area contributed by atoms with Gasteiger partial charge < -0.3 is 4.98 Å². The van der Waals surface area contributed by atoms with E-state index in [0.717, 1.165) is 11.4 Å². The molecular weight excluding hydrogens is 104 g/mol. The molecule has 0 unspecified atom stereocenters. The van der Waals surface area contributed by atoms with Crippen LogP contribution in [0, 0.1) is 0 Å². The van der Waals surface area contributed by atoms with Crippen molar-refractivity contribution in [3.05, 3.63) is 18.0 Å². The highest BCUT2D eigenvalue weighted by Crippen LogP contribution is 2.19. The summed E-state index contributed by atoms with van der Waals surface area (Å²) in [6.07, 6.45) is 1.89. The normalized spacial score (nSPS) is 15.5. The summed E-state index contributed by atoms with van der Waals surface area (Å²) in [5, 5.41) is 0. The van der Waals surface area contributed by atoms with Crippen molar-refractivity contribution >= 4 is 5.69 Å². The largest absolute Gasteiger partial charge is 0.361 e. The third-order valence-electron chi connectivity index (χ3n) is 1.23. The van der Waals surface area contributed by atoms with E-state index in [0.29, 0.717) is 6.61 Å². The molecule has 0 fully saturated rings. The van der Waals surface area contributed by atoms with Gasteiger partial charge in [-0.2, -0.15) is 0 Å². The Kier molecular flexibility index (Phi) is 0.625. The number of anilines is 1. The van der Waals surface area contributed by atoms with E-state index < -0.39 is 0 Å². The molecule has 1 aliphatic rings. The van der Waals surface area contributed by atoms with Gasteiger partial charge in [0, 0.05) is 6.20 Å². The van der Waals surface area contributed by atoms with Crippen molar-refractivity contribution in [2.45, 2.75) is 6.61 Å². The van der Waals surface area contributed by atoms with Crippen molar-refractivity contribution in [3.63, 3.8) is 0 Å². The summed E-state index contributed by atoms with van der Waals surface area (Å²) >= 11 is 0. The maximum absolute atomic E-state index is 4.87. The number of rotatable bonds is 0. The Balaban J connectivity index is 2.54. The van der Waals surface area contributed by atoms with Crippen LogP contribution in [-0.2, 0) is 11.4 Å².